The Kier molecular flexibility index (Phi) is 5.68. The molecule has 2 N–H and O–H groups in total. The van der Waals surface area contributed by atoms with E-state index in [4.69, 9.17) is 19.9 Å². The summed E-state index contributed by atoms with van der Waals surface area (Å²) in [5, 5.41) is 10.6. The Morgan fingerprint density at radius 3 is 2.95 bits per heavy atom. The highest BCUT2D eigenvalue weighted by molar-refractivity contribution is 7.23. The minimum absolute atomic E-state index is 0.0576. The number of nitrogens with zero attached hydrogens (tertiary/aromatic N) is 5. The number of hydrogen-bond donors (Lipinski definition) is 1. The van der Waals surface area contributed by atoms with E-state index in [0.717, 1.165) is 55.4 Å². The van der Waals surface area contributed by atoms with Gasteiger partial charge in [-0.25, -0.2) is 13.8 Å². The van der Waals surface area contributed by atoms with Crippen LogP contribution in [-0.2, 0) is 22.7 Å². The minimum Gasteiger partial charge on any atom is -0.461 e. The fourth-order valence-electron chi connectivity index (χ4n) is 6.43. The monoisotopic (exact) mass is 550 g/mol. The molecule has 0 unspecified atom stereocenters. The zero-order chi connectivity index (χ0) is 26.9. The molecular weight excluding hydrogens is 526 g/mol. The van der Waals surface area contributed by atoms with Crippen molar-refractivity contribution in [2.24, 2.45) is 0 Å². The van der Waals surface area contributed by atoms with E-state index in [1.165, 1.54) is 0 Å². The number of halogens is 2. The highest BCUT2D eigenvalue weighted by Gasteiger charge is 2.49. The maximum absolute atomic E-state index is 16.4. The number of anilines is 1. The second-order valence-electron chi connectivity index (χ2n) is 10.3. The zero-order valence-electron chi connectivity index (χ0n) is 21.1. The molecule has 0 spiro atoms. The van der Waals surface area contributed by atoms with Crippen LogP contribution in [0.1, 0.15) is 36.0 Å². The van der Waals surface area contributed by atoms with Crippen molar-refractivity contribution in [3.05, 3.63) is 40.7 Å². The molecule has 7 rings (SSSR count). The summed E-state index contributed by atoms with van der Waals surface area (Å²) in [5.41, 5.74) is 7.56. The number of ether oxygens (including phenoxy) is 3. The molecule has 39 heavy (non-hydrogen) atoms. The van der Waals surface area contributed by atoms with Gasteiger partial charge in [-0.2, -0.15) is 10.2 Å². The standard InChI is InChI=1S/C27H24F2N6O3S/c1-36-13-5-27(3-2-4-35(27)9-13)12-38-26-33-7-15-16-10-37-11-17(16)19(21(29)22(15)34-26)23-20-14(6-30)25(31)39-24(20)18(28)8-32-23/h7-8,13H,2-5,9-12,31H2,1H3/t13-,27+/m1/s1. The highest BCUT2D eigenvalue weighted by Crippen LogP contribution is 2.45. The van der Waals surface area contributed by atoms with E-state index in [0.29, 0.717) is 17.6 Å². The molecular formula is C27H24F2N6O3S. The van der Waals surface area contributed by atoms with Gasteiger partial charge in [-0.3, -0.25) is 9.88 Å². The van der Waals surface area contributed by atoms with Gasteiger partial charge in [0.1, 0.15) is 23.2 Å². The van der Waals surface area contributed by atoms with Crippen molar-refractivity contribution in [2.75, 3.05) is 32.5 Å². The topological polar surface area (TPSA) is 119 Å². The predicted molar refractivity (Wildman–Crippen MR) is 140 cm³/mol. The third kappa shape index (κ3) is 3.61. The van der Waals surface area contributed by atoms with Crippen LogP contribution in [0.2, 0.25) is 0 Å². The first-order valence-corrected chi connectivity index (χ1v) is 13.5. The molecule has 2 atom stereocenters. The number of nitriles is 1. The third-order valence-corrected chi connectivity index (χ3v) is 9.33. The van der Waals surface area contributed by atoms with Crippen molar-refractivity contribution in [3.8, 4) is 23.3 Å². The molecule has 200 valence electrons. The van der Waals surface area contributed by atoms with E-state index < -0.39 is 11.6 Å². The Balaban J connectivity index is 1.35. The summed E-state index contributed by atoms with van der Waals surface area (Å²) in [6.07, 6.45) is 5.67. The summed E-state index contributed by atoms with van der Waals surface area (Å²) in [7, 11) is 1.73. The average Bonchev–Trinajstić information content (AvgIpc) is 3.70. The Bertz CT molecular complexity index is 1710. The van der Waals surface area contributed by atoms with Gasteiger partial charge < -0.3 is 19.9 Å². The fourth-order valence-corrected chi connectivity index (χ4v) is 7.35. The molecule has 4 aromatic rings. The Morgan fingerprint density at radius 2 is 2.13 bits per heavy atom. The SMILES string of the molecule is CO[C@H]1CN2CCC[C@@]2(COc2ncc3c4c(c(-c5ncc(F)c6sc(N)c(C#N)c56)c(F)c3n2)COC4)C1. The van der Waals surface area contributed by atoms with Gasteiger partial charge in [0.2, 0.25) is 0 Å². The fraction of sp³-hybridized carbons (Fsp3) is 0.407. The van der Waals surface area contributed by atoms with Crippen LogP contribution >= 0.6 is 11.3 Å². The van der Waals surface area contributed by atoms with Gasteiger partial charge in [0.15, 0.2) is 11.6 Å². The lowest BCUT2D eigenvalue weighted by atomic mass is 9.94. The van der Waals surface area contributed by atoms with E-state index in [2.05, 4.69) is 19.9 Å². The van der Waals surface area contributed by atoms with Crippen LogP contribution in [0.15, 0.2) is 12.4 Å². The van der Waals surface area contributed by atoms with Crippen LogP contribution < -0.4 is 10.5 Å². The summed E-state index contributed by atoms with van der Waals surface area (Å²) in [6.45, 7) is 2.60. The number of thiophene rings is 1. The lowest BCUT2D eigenvalue weighted by Crippen LogP contribution is -2.43. The number of nitrogens with two attached hydrogens (primary N) is 1. The number of benzene rings is 1. The number of nitrogen functional groups attached to an aromatic ring is 1. The minimum atomic E-state index is -0.656. The Morgan fingerprint density at radius 1 is 1.28 bits per heavy atom. The maximum Gasteiger partial charge on any atom is 0.317 e. The van der Waals surface area contributed by atoms with Crippen molar-refractivity contribution in [1.29, 1.82) is 5.26 Å². The summed E-state index contributed by atoms with van der Waals surface area (Å²) in [4.78, 5) is 15.5. The third-order valence-electron chi connectivity index (χ3n) is 8.30. The first-order chi connectivity index (χ1) is 18.9. The smallest absolute Gasteiger partial charge is 0.317 e. The van der Waals surface area contributed by atoms with Gasteiger partial charge in [0, 0.05) is 36.2 Å². The first kappa shape index (κ1) is 24.5. The van der Waals surface area contributed by atoms with Gasteiger partial charge in [-0.15, -0.1) is 11.3 Å². The van der Waals surface area contributed by atoms with Gasteiger partial charge in [-0.05, 0) is 36.9 Å². The van der Waals surface area contributed by atoms with Gasteiger partial charge in [-0.1, -0.05) is 0 Å². The highest BCUT2D eigenvalue weighted by atomic mass is 32.1. The predicted octanol–water partition coefficient (Wildman–Crippen LogP) is 4.30. The number of hydrogen-bond acceptors (Lipinski definition) is 10. The van der Waals surface area contributed by atoms with Crippen LogP contribution in [0.5, 0.6) is 6.01 Å². The molecule has 0 saturated carbocycles. The summed E-state index contributed by atoms with van der Waals surface area (Å²) in [5.74, 6) is -1.28. The van der Waals surface area contributed by atoms with Gasteiger partial charge >= 0.3 is 6.01 Å². The van der Waals surface area contributed by atoms with E-state index in [-0.39, 0.29) is 68.3 Å². The zero-order valence-corrected chi connectivity index (χ0v) is 21.9. The molecule has 0 aliphatic carbocycles. The van der Waals surface area contributed by atoms with Crippen LogP contribution in [0.4, 0.5) is 13.8 Å². The second-order valence-corrected chi connectivity index (χ2v) is 11.3. The quantitative estimate of drug-likeness (QED) is 0.388. The molecule has 3 aliphatic rings. The molecule has 6 heterocycles. The molecule has 3 aromatic heterocycles. The number of fused-ring (bicyclic) bond motifs is 5. The van der Waals surface area contributed by atoms with Crippen molar-refractivity contribution < 1.29 is 23.0 Å². The largest absolute Gasteiger partial charge is 0.461 e. The number of methoxy groups -OCH3 is 1. The van der Waals surface area contributed by atoms with E-state index >= 15 is 4.39 Å². The van der Waals surface area contributed by atoms with Crippen molar-refractivity contribution in [3.63, 3.8) is 0 Å². The first-order valence-electron chi connectivity index (χ1n) is 12.7. The normalized spacial score (nSPS) is 22.5. The number of aromatic nitrogens is 3. The average molecular weight is 551 g/mol. The van der Waals surface area contributed by atoms with Crippen LogP contribution in [0.25, 0.3) is 32.2 Å². The summed E-state index contributed by atoms with van der Waals surface area (Å²) in [6, 6.07) is 2.10. The van der Waals surface area contributed by atoms with Crippen LogP contribution in [0.3, 0.4) is 0 Å². The Labute approximate surface area is 226 Å². The van der Waals surface area contributed by atoms with Crippen LogP contribution in [-0.4, -0.2) is 58.3 Å². The molecule has 12 heteroatoms. The molecule has 9 nitrogen and oxygen atoms in total. The Hall–Kier alpha value is -3.50. The van der Waals surface area contributed by atoms with E-state index in [1.54, 1.807) is 13.3 Å². The van der Waals surface area contributed by atoms with Crippen LogP contribution in [0, 0.1) is 23.0 Å². The molecule has 2 fully saturated rings. The van der Waals surface area contributed by atoms with Gasteiger partial charge in [0.25, 0.3) is 0 Å². The second kappa shape index (κ2) is 9.02. The number of pyridine rings is 1. The number of rotatable bonds is 5. The molecule has 0 bridgehead atoms. The summed E-state index contributed by atoms with van der Waals surface area (Å²) < 4.78 is 48.7. The molecule has 0 amide bonds. The lowest BCUT2D eigenvalue weighted by Gasteiger charge is -2.30. The molecule has 1 aromatic carbocycles. The van der Waals surface area contributed by atoms with Crippen molar-refractivity contribution >= 4 is 37.3 Å². The molecule has 3 aliphatic heterocycles. The molecule has 2 saturated heterocycles. The van der Waals surface area contributed by atoms with E-state index in [1.807, 2.05) is 6.07 Å². The van der Waals surface area contributed by atoms with Crippen molar-refractivity contribution in [1.82, 2.24) is 19.9 Å². The van der Waals surface area contributed by atoms with Gasteiger partial charge in [0.05, 0.1) is 47.0 Å². The lowest BCUT2D eigenvalue weighted by molar-refractivity contribution is 0.0997. The maximum atomic E-state index is 16.4. The van der Waals surface area contributed by atoms with E-state index in [9.17, 15) is 9.65 Å². The summed E-state index contributed by atoms with van der Waals surface area (Å²) >= 11 is 0.939. The van der Waals surface area contributed by atoms with Crippen molar-refractivity contribution in [2.45, 2.75) is 44.1 Å². The molecule has 0 radical (unpaired) electrons.